The molecule has 0 aliphatic heterocycles. The van der Waals surface area contributed by atoms with E-state index in [1.54, 1.807) is 54.7 Å². The Labute approximate surface area is 180 Å². The number of nitrogens with zero attached hydrogens (tertiary/aromatic N) is 4. The van der Waals surface area contributed by atoms with Gasteiger partial charge in [0.1, 0.15) is 12.6 Å². The van der Waals surface area contributed by atoms with E-state index in [4.69, 9.17) is 0 Å². The number of benzene rings is 2. The number of fused-ring (bicyclic) bond motifs is 1. The van der Waals surface area contributed by atoms with Crippen LogP contribution in [0.25, 0.3) is 16.8 Å². The quantitative estimate of drug-likeness (QED) is 0.486. The Bertz CT molecular complexity index is 1340. The Morgan fingerprint density at radius 3 is 2.66 bits per heavy atom. The smallest absolute Gasteiger partial charge is 0.343 e. The summed E-state index contributed by atoms with van der Waals surface area (Å²) in [6.45, 7) is -1.40. The second-order valence-electron chi connectivity index (χ2n) is 6.82. The van der Waals surface area contributed by atoms with E-state index in [1.807, 2.05) is 5.32 Å². The Morgan fingerprint density at radius 1 is 1.06 bits per heavy atom. The molecule has 0 saturated heterocycles. The van der Waals surface area contributed by atoms with Gasteiger partial charge in [0, 0.05) is 17.3 Å². The number of para-hydroxylation sites is 1. The van der Waals surface area contributed by atoms with E-state index in [0.717, 1.165) is 0 Å². The van der Waals surface area contributed by atoms with Gasteiger partial charge in [-0.2, -0.15) is 23.4 Å². The maximum absolute atomic E-state index is 12.4. The van der Waals surface area contributed by atoms with Crippen LogP contribution < -0.4 is 10.6 Å². The average Bonchev–Trinajstić information content (AvgIpc) is 3.19. The van der Waals surface area contributed by atoms with Crippen LogP contribution in [0.4, 0.5) is 24.8 Å². The minimum Gasteiger partial charge on any atom is -0.343 e. The van der Waals surface area contributed by atoms with Gasteiger partial charge >= 0.3 is 6.18 Å². The number of aromatic nitrogens is 3. The van der Waals surface area contributed by atoms with Gasteiger partial charge in [-0.25, -0.2) is 4.52 Å². The highest BCUT2D eigenvalue weighted by atomic mass is 19.4. The van der Waals surface area contributed by atoms with Crippen LogP contribution in [0.1, 0.15) is 15.9 Å². The standard InChI is InChI=1S/C22H15F3N6O/c23-22(24,25)13-27-20(32)15-6-3-5-14(10-15)17-8-9-19-29-21(30-31(19)12-17)28-18-7-2-1-4-16(18)11-26/h1-10,12H,13H2,(H,27,32)(H,28,30). The molecule has 0 saturated carbocycles. The molecule has 2 N–H and O–H groups in total. The van der Waals surface area contributed by atoms with Crippen molar-refractivity contribution in [3.63, 3.8) is 0 Å². The summed E-state index contributed by atoms with van der Waals surface area (Å²) < 4.78 is 38.6. The van der Waals surface area contributed by atoms with Gasteiger partial charge in [-0.15, -0.1) is 5.10 Å². The first-order valence-corrected chi connectivity index (χ1v) is 9.40. The van der Waals surface area contributed by atoms with Crippen molar-refractivity contribution in [3.8, 4) is 17.2 Å². The Hall–Kier alpha value is -4.39. The van der Waals surface area contributed by atoms with E-state index >= 15 is 0 Å². The van der Waals surface area contributed by atoms with E-state index in [1.165, 1.54) is 16.6 Å². The Balaban J connectivity index is 1.58. The summed E-state index contributed by atoms with van der Waals surface area (Å²) >= 11 is 0. The van der Waals surface area contributed by atoms with Crippen molar-refractivity contribution in [3.05, 3.63) is 78.0 Å². The molecule has 2 aromatic heterocycles. The number of anilines is 2. The topological polar surface area (TPSA) is 95.1 Å². The van der Waals surface area contributed by atoms with Crippen molar-refractivity contribution < 1.29 is 18.0 Å². The SMILES string of the molecule is N#Cc1ccccc1Nc1nc2ccc(-c3cccc(C(=O)NCC(F)(F)F)c3)cn2n1. The highest BCUT2D eigenvalue weighted by molar-refractivity contribution is 5.95. The molecule has 0 atom stereocenters. The number of carbonyl (C=O) groups is 1. The molecule has 1 amide bonds. The predicted molar refractivity (Wildman–Crippen MR) is 111 cm³/mol. The second-order valence-corrected chi connectivity index (χ2v) is 6.82. The number of alkyl halides is 3. The lowest BCUT2D eigenvalue weighted by atomic mass is 10.0. The molecule has 0 aliphatic rings. The van der Waals surface area contributed by atoms with Gasteiger partial charge < -0.3 is 10.6 Å². The van der Waals surface area contributed by atoms with Gasteiger partial charge in [-0.05, 0) is 42.0 Å². The molecule has 7 nitrogen and oxygen atoms in total. The Morgan fingerprint density at radius 2 is 1.88 bits per heavy atom. The van der Waals surface area contributed by atoms with Crippen LogP contribution in [0.2, 0.25) is 0 Å². The van der Waals surface area contributed by atoms with Crippen LogP contribution >= 0.6 is 0 Å². The van der Waals surface area contributed by atoms with Crippen LogP contribution in [-0.4, -0.2) is 33.2 Å². The van der Waals surface area contributed by atoms with Crippen LogP contribution in [0.3, 0.4) is 0 Å². The lowest BCUT2D eigenvalue weighted by molar-refractivity contribution is -0.123. The van der Waals surface area contributed by atoms with Crippen molar-refractivity contribution >= 4 is 23.2 Å². The first-order chi connectivity index (χ1) is 15.3. The van der Waals surface area contributed by atoms with Crippen molar-refractivity contribution in [2.75, 3.05) is 11.9 Å². The van der Waals surface area contributed by atoms with Crippen LogP contribution in [0.15, 0.2) is 66.9 Å². The minimum absolute atomic E-state index is 0.112. The number of carbonyl (C=O) groups excluding carboxylic acids is 1. The molecule has 0 radical (unpaired) electrons. The molecular weight excluding hydrogens is 421 g/mol. The summed E-state index contributed by atoms with van der Waals surface area (Å²) in [5.41, 5.74) is 3.00. The van der Waals surface area contributed by atoms with E-state index < -0.39 is 18.6 Å². The molecule has 160 valence electrons. The molecule has 0 fully saturated rings. The highest BCUT2D eigenvalue weighted by Crippen LogP contribution is 2.23. The molecule has 32 heavy (non-hydrogen) atoms. The molecule has 0 unspecified atom stereocenters. The summed E-state index contributed by atoms with van der Waals surface area (Å²) in [4.78, 5) is 16.4. The van der Waals surface area contributed by atoms with Gasteiger partial charge in [0.15, 0.2) is 5.65 Å². The number of nitrogens with one attached hydrogen (secondary N) is 2. The molecular formula is C22H15F3N6O. The van der Waals surface area contributed by atoms with Gasteiger partial charge in [-0.3, -0.25) is 4.79 Å². The molecule has 10 heteroatoms. The molecule has 0 aliphatic carbocycles. The first-order valence-electron chi connectivity index (χ1n) is 9.40. The molecule has 4 aromatic rings. The van der Waals surface area contributed by atoms with E-state index in [0.29, 0.717) is 34.0 Å². The van der Waals surface area contributed by atoms with Crippen LogP contribution in [0, 0.1) is 11.3 Å². The third-order valence-corrected chi connectivity index (χ3v) is 4.53. The molecule has 4 rings (SSSR count). The summed E-state index contributed by atoms with van der Waals surface area (Å²) in [6.07, 6.45) is -2.79. The predicted octanol–water partition coefficient (Wildman–Crippen LogP) is 4.30. The van der Waals surface area contributed by atoms with Gasteiger partial charge in [0.05, 0.1) is 11.3 Å². The lowest BCUT2D eigenvalue weighted by Gasteiger charge is -2.09. The zero-order valence-corrected chi connectivity index (χ0v) is 16.4. The summed E-state index contributed by atoms with van der Waals surface area (Å²) in [7, 11) is 0. The monoisotopic (exact) mass is 436 g/mol. The second kappa shape index (κ2) is 8.39. The number of rotatable bonds is 5. The van der Waals surface area contributed by atoms with Crippen LogP contribution in [-0.2, 0) is 0 Å². The molecule has 2 heterocycles. The van der Waals surface area contributed by atoms with E-state index in [9.17, 15) is 23.2 Å². The van der Waals surface area contributed by atoms with Gasteiger partial charge in [0.2, 0.25) is 5.95 Å². The fourth-order valence-electron chi connectivity index (χ4n) is 3.04. The Kier molecular flexibility index (Phi) is 5.47. The summed E-state index contributed by atoms with van der Waals surface area (Å²) in [5.74, 6) is -0.515. The van der Waals surface area contributed by atoms with Gasteiger partial charge in [-0.1, -0.05) is 24.3 Å². The number of nitriles is 1. The maximum atomic E-state index is 12.4. The van der Waals surface area contributed by atoms with Crippen molar-refractivity contribution in [2.45, 2.75) is 6.18 Å². The fraction of sp³-hybridized carbons (Fsp3) is 0.0909. The third-order valence-electron chi connectivity index (χ3n) is 4.53. The van der Waals surface area contributed by atoms with Crippen molar-refractivity contribution in [1.29, 1.82) is 5.26 Å². The fourth-order valence-corrected chi connectivity index (χ4v) is 3.04. The van der Waals surface area contributed by atoms with Gasteiger partial charge in [0.25, 0.3) is 5.91 Å². The van der Waals surface area contributed by atoms with Crippen molar-refractivity contribution in [2.24, 2.45) is 0 Å². The maximum Gasteiger partial charge on any atom is 0.405 e. The number of hydrogen-bond donors (Lipinski definition) is 2. The zero-order chi connectivity index (χ0) is 22.7. The lowest BCUT2D eigenvalue weighted by Crippen LogP contribution is -2.33. The first kappa shape index (κ1) is 20.9. The number of halogens is 3. The summed E-state index contributed by atoms with van der Waals surface area (Å²) in [5, 5.41) is 18.5. The molecule has 0 spiro atoms. The van der Waals surface area contributed by atoms with E-state index in [-0.39, 0.29) is 5.56 Å². The van der Waals surface area contributed by atoms with Crippen LogP contribution in [0.5, 0.6) is 0 Å². The minimum atomic E-state index is -4.48. The summed E-state index contributed by atoms with van der Waals surface area (Å²) in [6, 6.07) is 18.8. The normalized spacial score (nSPS) is 11.2. The average molecular weight is 436 g/mol. The number of pyridine rings is 1. The molecule has 0 bridgehead atoms. The largest absolute Gasteiger partial charge is 0.405 e. The number of hydrogen-bond acceptors (Lipinski definition) is 5. The third kappa shape index (κ3) is 4.67. The van der Waals surface area contributed by atoms with E-state index in [2.05, 4.69) is 21.5 Å². The zero-order valence-electron chi connectivity index (χ0n) is 16.4. The van der Waals surface area contributed by atoms with Crippen molar-refractivity contribution in [1.82, 2.24) is 19.9 Å². The highest BCUT2D eigenvalue weighted by Gasteiger charge is 2.27. The number of amides is 1. The molecule has 2 aromatic carbocycles.